The standard InChI is InChI=1S/C10H8ClF3N4/c11-7-2-1-5(3-6(7)10(12,13)14)17-9-16-4-8(15)18-9/h1-3H,4H2,(H3,15,16,17,18). The lowest BCUT2D eigenvalue weighted by atomic mass is 10.2. The zero-order valence-electron chi connectivity index (χ0n) is 8.92. The number of guanidine groups is 1. The topological polar surface area (TPSA) is 62.8 Å². The molecule has 0 saturated carbocycles. The van der Waals surface area contributed by atoms with Gasteiger partial charge in [-0.05, 0) is 18.2 Å². The van der Waals surface area contributed by atoms with E-state index in [4.69, 9.17) is 17.3 Å². The van der Waals surface area contributed by atoms with Crippen LogP contribution in [0.1, 0.15) is 5.56 Å². The smallest absolute Gasteiger partial charge is 0.385 e. The highest BCUT2D eigenvalue weighted by Gasteiger charge is 2.33. The molecule has 0 aromatic heterocycles. The Morgan fingerprint density at radius 1 is 1.33 bits per heavy atom. The molecule has 18 heavy (non-hydrogen) atoms. The first-order valence-corrected chi connectivity index (χ1v) is 5.25. The number of amidine groups is 1. The van der Waals surface area contributed by atoms with Crippen LogP contribution in [0.4, 0.5) is 18.9 Å². The van der Waals surface area contributed by atoms with Crippen LogP contribution in [0.15, 0.2) is 28.2 Å². The van der Waals surface area contributed by atoms with Crippen molar-refractivity contribution in [3.63, 3.8) is 0 Å². The first-order valence-electron chi connectivity index (χ1n) is 4.87. The second-order valence-corrected chi connectivity index (χ2v) is 3.97. The molecule has 3 N–H and O–H groups in total. The number of alkyl halides is 3. The van der Waals surface area contributed by atoms with Crippen molar-refractivity contribution in [2.45, 2.75) is 6.18 Å². The van der Waals surface area contributed by atoms with Crippen LogP contribution in [0, 0.1) is 0 Å². The van der Waals surface area contributed by atoms with Crippen molar-refractivity contribution in [1.82, 2.24) is 0 Å². The van der Waals surface area contributed by atoms with Gasteiger partial charge in [0, 0.05) is 5.69 Å². The summed E-state index contributed by atoms with van der Waals surface area (Å²) >= 11 is 5.50. The predicted octanol–water partition coefficient (Wildman–Crippen LogP) is 2.50. The van der Waals surface area contributed by atoms with E-state index in [2.05, 4.69) is 15.3 Å². The molecule has 4 nitrogen and oxygen atoms in total. The molecule has 1 aliphatic rings. The molecule has 0 atom stereocenters. The fourth-order valence-corrected chi connectivity index (χ4v) is 1.60. The second-order valence-electron chi connectivity index (χ2n) is 3.56. The van der Waals surface area contributed by atoms with Crippen molar-refractivity contribution < 1.29 is 13.2 Å². The van der Waals surface area contributed by atoms with Crippen LogP contribution in [0.5, 0.6) is 0 Å². The largest absolute Gasteiger partial charge is 0.417 e. The van der Waals surface area contributed by atoms with Gasteiger partial charge in [0.25, 0.3) is 0 Å². The number of nitrogens with two attached hydrogens (primary N) is 1. The third kappa shape index (κ3) is 2.73. The van der Waals surface area contributed by atoms with Gasteiger partial charge in [-0.1, -0.05) is 11.6 Å². The molecule has 0 amide bonds. The monoisotopic (exact) mass is 276 g/mol. The molecule has 0 saturated heterocycles. The van der Waals surface area contributed by atoms with Gasteiger partial charge in [0.15, 0.2) is 0 Å². The Kier molecular flexibility index (Phi) is 3.16. The summed E-state index contributed by atoms with van der Waals surface area (Å²) in [6.07, 6.45) is -4.51. The quantitative estimate of drug-likeness (QED) is 0.828. The molecule has 1 aromatic carbocycles. The lowest BCUT2D eigenvalue weighted by Gasteiger charge is -2.11. The van der Waals surface area contributed by atoms with Gasteiger partial charge in [0.1, 0.15) is 12.4 Å². The zero-order valence-corrected chi connectivity index (χ0v) is 9.68. The number of nitrogens with zero attached hydrogens (tertiary/aromatic N) is 2. The highest BCUT2D eigenvalue weighted by molar-refractivity contribution is 6.31. The Hall–Kier alpha value is -1.76. The summed E-state index contributed by atoms with van der Waals surface area (Å²) in [7, 11) is 0. The average Bonchev–Trinajstić information content (AvgIpc) is 2.65. The molecule has 8 heteroatoms. The molecule has 0 unspecified atom stereocenters. The highest BCUT2D eigenvalue weighted by atomic mass is 35.5. The molecule has 0 spiro atoms. The van der Waals surface area contributed by atoms with E-state index < -0.39 is 11.7 Å². The fourth-order valence-electron chi connectivity index (χ4n) is 1.38. The molecule has 0 radical (unpaired) electrons. The zero-order chi connectivity index (χ0) is 13.3. The van der Waals surface area contributed by atoms with E-state index in [0.717, 1.165) is 12.1 Å². The number of benzene rings is 1. The van der Waals surface area contributed by atoms with Crippen molar-refractivity contribution in [2.24, 2.45) is 15.7 Å². The fraction of sp³-hybridized carbons (Fsp3) is 0.200. The molecule has 0 aliphatic carbocycles. The molecule has 2 rings (SSSR count). The average molecular weight is 277 g/mol. The van der Waals surface area contributed by atoms with Gasteiger partial charge >= 0.3 is 6.18 Å². The molecule has 1 aromatic rings. The van der Waals surface area contributed by atoms with Gasteiger partial charge in [-0.3, -0.25) is 0 Å². The molecule has 1 heterocycles. The Bertz CT molecular complexity index is 536. The summed E-state index contributed by atoms with van der Waals surface area (Å²) < 4.78 is 37.8. The Balaban J connectivity index is 2.26. The van der Waals surface area contributed by atoms with Crippen LogP contribution < -0.4 is 11.1 Å². The van der Waals surface area contributed by atoms with E-state index in [0.29, 0.717) is 5.84 Å². The minimum atomic E-state index is -4.51. The second kappa shape index (κ2) is 4.49. The van der Waals surface area contributed by atoms with Crippen LogP contribution in [-0.2, 0) is 6.18 Å². The first kappa shape index (κ1) is 12.7. The van der Waals surface area contributed by atoms with Crippen molar-refractivity contribution in [3.8, 4) is 0 Å². The number of rotatable bonds is 1. The SMILES string of the molecule is NC1=NC(Nc2ccc(Cl)c(C(F)(F)F)c2)=NC1. The van der Waals surface area contributed by atoms with E-state index >= 15 is 0 Å². The van der Waals surface area contributed by atoms with Crippen LogP contribution in [-0.4, -0.2) is 18.3 Å². The van der Waals surface area contributed by atoms with Crippen molar-refractivity contribution in [3.05, 3.63) is 28.8 Å². The predicted molar refractivity (Wildman–Crippen MR) is 64.0 cm³/mol. The number of nitrogens with one attached hydrogen (secondary N) is 1. The van der Waals surface area contributed by atoms with Crippen molar-refractivity contribution in [2.75, 3.05) is 11.9 Å². The lowest BCUT2D eigenvalue weighted by Crippen LogP contribution is -2.13. The Labute approximate surface area is 105 Å². The highest BCUT2D eigenvalue weighted by Crippen LogP contribution is 2.36. The minimum Gasteiger partial charge on any atom is -0.385 e. The number of aliphatic imine (C=N–C) groups is 2. The summed E-state index contributed by atoms with van der Waals surface area (Å²) in [5.41, 5.74) is 4.68. The summed E-state index contributed by atoms with van der Waals surface area (Å²) in [6.45, 7) is 0.238. The maximum Gasteiger partial charge on any atom is 0.417 e. The van der Waals surface area contributed by atoms with E-state index in [1.54, 1.807) is 0 Å². The van der Waals surface area contributed by atoms with Gasteiger partial charge in [-0.2, -0.15) is 18.2 Å². The Morgan fingerprint density at radius 3 is 2.61 bits per heavy atom. The van der Waals surface area contributed by atoms with Crippen molar-refractivity contribution in [1.29, 1.82) is 0 Å². The van der Waals surface area contributed by atoms with Crippen LogP contribution in [0.25, 0.3) is 0 Å². The third-order valence-electron chi connectivity index (χ3n) is 2.17. The number of halogens is 4. The van der Waals surface area contributed by atoms with Gasteiger partial charge in [-0.15, -0.1) is 0 Å². The first-order chi connectivity index (χ1) is 8.36. The van der Waals surface area contributed by atoms with Crippen LogP contribution >= 0.6 is 11.6 Å². The maximum absolute atomic E-state index is 12.6. The number of hydrogen-bond donors (Lipinski definition) is 2. The number of anilines is 1. The van der Waals surface area contributed by atoms with Crippen LogP contribution in [0.2, 0.25) is 5.02 Å². The summed E-state index contributed by atoms with van der Waals surface area (Å²) in [5, 5.41) is 2.28. The molecular weight excluding hydrogens is 269 g/mol. The number of hydrogen-bond acceptors (Lipinski definition) is 4. The lowest BCUT2D eigenvalue weighted by molar-refractivity contribution is -0.137. The summed E-state index contributed by atoms with van der Waals surface area (Å²) in [4.78, 5) is 7.71. The minimum absolute atomic E-state index is 0.183. The van der Waals surface area contributed by atoms with E-state index in [1.165, 1.54) is 6.07 Å². The van der Waals surface area contributed by atoms with E-state index in [-0.39, 0.29) is 23.2 Å². The molecule has 1 aliphatic heterocycles. The van der Waals surface area contributed by atoms with E-state index in [9.17, 15) is 13.2 Å². The maximum atomic E-state index is 12.6. The van der Waals surface area contributed by atoms with Gasteiger partial charge in [-0.25, -0.2) is 4.99 Å². The molecule has 96 valence electrons. The summed E-state index contributed by atoms with van der Waals surface area (Å²) in [6, 6.07) is 3.47. The summed E-state index contributed by atoms with van der Waals surface area (Å²) in [5.74, 6) is 0.491. The third-order valence-corrected chi connectivity index (χ3v) is 2.50. The van der Waals surface area contributed by atoms with Crippen LogP contribution in [0.3, 0.4) is 0 Å². The van der Waals surface area contributed by atoms with E-state index in [1.807, 2.05) is 0 Å². The normalized spacial score (nSPS) is 15.3. The molecule has 0 bridgehead atoms. The van der Waals surface area contributed by atoms with Gasteiger partial charge < -0.3 is 11.1 Å². The van der Waals surface area contributed by atoms with Gasteiger partial charge in [0.2, 0.25) is 5.96 Å². The van der Waals surface area contributed by atoms with Crippen molar-refractivity contribution >= 4 is 29.1 Å². The Morgan fingerprint density at radius 2 is 2.06 bits per heavy atom. The molecule has 0 fully saturated rings. The van der Waals surface area contributed by atoms with Gasteiger partial charge in [0.05, 0.1) is 10.6 Å². The molecular formula is C10H8ClF3N4.